The van der Waals surface area contributed by atoms with E-state index < -0.39 is 0 Å². The standard InChI is InChI=1S/C19H26N4O3/c1-22-19(25)23-13-12-15(8-11-17(23)21-22)20-18(24)5-3-4-14-6-9-16(26-2)10-7-14/h6-7,9-10,15H,3-5,8,11-13H2,1-2H3,(H,20,24). The van der Waals surface area contributed by atoms with Crippen molar-refractivity contribution in [3.63, 3.8) is 0 Å². The number of hydrogen-bond acceptors (Lipinski definition) is 4. The molecule has 2 heterocycles. The Balaban J connectivity index is 1.43. The second-order valence-corrected chi connectivity index (χ2v) is 6.77. The number of nitrogens with zero attached hydrogens (tertiary/aromatic N) is 3. The molecule has 0 aliphatic carbocycles. The van der Waals surface area contributed by atoms with Gasteiger partial charge in [-0.15, -0.1) is 0 Å². The molecule has 1 unspecified atom stereocenters. The lowest BCUT2D eigenvalue weighted by atomic mass is 10.1. The number of benzene rings is 1. The molecule has 1 aromatic heterocycles. The summed E-state index contributed by atoms with van der Waals surface area (Å²) in [6.45, 7) is 0.610. The summed E-state index contributed by atoms with van der Waals surface area (Å²) in [7, 11) is 3.32. The fourth-order valence-electron chi connectivity index (χ4n) is 3.39. The van der Waals surface area contributed by atoms with E-state index in [0.29, 0.717) is 19.4 Å². The summed E-state index contributed by atoms with van der Waals surface area (Å²) in [5, 5.41) is 7.38. The number of methoxy groups -OCH3 is 1. The van der Waals surface area contributed by atoms with Gasteiger partial charge < -0.3 is 10.1 Å². The molecule has 0 bridgehead atoms. The number of nitrogens with one attached hydrogen (secondary N) is 1. The van der Waals surface area contributed by atoms with Crippen molar-refractivity contribution in [2.75, 3.05) is 7.11 Å². The first-order valence-electron chi connectivity index (χ1n) is 9.12. The Hall–Kier alpha value is -2.57. The second kappa shape index (κ2) is 8.21. The zero-order valence-corrected chi connectivity index (χ0v) is 15.4. The summed E-state index contributed by atoms with van der Waals surface area (Å²) in [5.41, 5.74) is 1.13. The number of hydrogen-bond donors (Lipinski definition) is 1. The first-order valence-corrected chi connectivity index (χ1v) is 9.12. The Morgan fingerprint density at radius 1 is 1.31 bits per heavy atom. The molecule has 0 fully saturated rings. The number of rotatable bonds is 6. The molecule has 0 spiro atoms. The maximum atomic E-state index is 12.2. The fourth-order valence-corrected chi connectivity index (χ4v) is 3.39. The molecule has 1 amide bonds. The molecular formula is C19H26N4O3. The van der Waals surface area contributed by atoms with Crippen LogP contribution in [0.5, 0.6) is 5.75 Å². The number of carbonyl (C=O) groups is 1. The van der Waals surface area contributed by atoms with Gasteiger partial charge in [0.2, 0.25) is 5.91 Å². The van der Waals surface area contributed by atoms with Crippen molar-refractivity contribution >= 4 is 5.91 Å². The number of amides is 1. The molecule has 1 aromatic carbocycles. The van der Waals surface area contributed by atoms with Crippen LogP contribution in [0.2, 0.25) is 0 Å². The SMILES string of the molecule is COc1ccc(CCCC(=O)NC2CCc3nn(C)c(=O)n3CC2)cc1. The smallest absolute Gasteiger partial charge is 0.345 e. The molecule has 140 valence electrons. The number of aromatic nitrogens is 3. The molecule has 7 nitrogen and oxygen atoms in total. The molecule has 1 N–H and O–H groups in total. The average molecular weight is 358 g/mol. The van der Waals surface area contributed by atoms with Crippen molar-refractivity contribution in [2.45, 2.75) is 51.1 Å². The van der Waals surface area contributed by atoms with Crippen LogP contribution < -0.4 is 15.7 Å². The molecule has 0 saturated heterocycles. The maximum absolute atomic E-state index is 12.2. The Kier molecular flexibility index (Phi) is 5.75. The fraction of sp³-hybridized carbons (Fsp3) is 0.526. The van der Waals surface area contributed by atoms with E-state index in [2.05, 4.69) is 10.4 Å². The molecule has 0 radical (unpaired) electrons. The zero-order valence-electron chi connectivity index (χ0n) is 15.4. The van der Waals surface area contributed by atoms with Gasteiger partial charge in [-0.05, 0) is 43.4 Å². The quantitative estimate of drug-likeness (QED) is 0.847. The van der Waals surface area contributed by atoms with Crippen molar-refractivity contribution in [3.05, 3.63) is 46.1 Å². The van der Waals surface area contributed by atoms with Crippen molar-refractivity contribution in [3.8, 4) is 5.75 Å². The first kappa shape index (κ1) is 18.2. The monoisotopic (exact) mass is 358 g/mol. The molecular weight excluding hydrogens is 332 g/mol. The lowest BCUT2D eigenvalue weighted by molar-refractivity contribution is -0.122. The maximum Gasteiger partial charge on any atom is 0.345 e. The molecule has 2 aromatic rings. The van der Waals surface area contributed by atoms with Crippen LogP contribution in [0, 0.1) is 0 Å². The number of fused-ring (bicyclic) bond motifs is 1. The summed E-state index contributed by atoms with van der Waals surface area (Å²) in [5.74, 6) is 1.74. The topological polar surface area (TPSA) is 78.2 Å². The van der Waals surface area contributed by atoms with E-state index >= 15 is 0 Å². The number of ether oxygens (including phenoxy) is 1. The van der Waals surface area contributed by atoms with Crippen LogP contribution in [0.1, 0.15) is 37.1 Å². The summed E-state index contributed by atoms with van der Waals surface area (Å²) in [4.78, 5) is 24.2. The van der Waals surface area contributed by atoms with Crippen molar-refractivity contribution in [1.82, 2.24) is 19.7 Å². The van der Waals surface area contributed by atoms with E-state index in [4.69, 9.17) is 4.74 Å². The minimum absolute atomic E-state index is 0.0773. The van der Waals surface area contributed by atoms with Crippen molar-refractivity contribution < 1.29 is 9.53 Å². The highest BCUT2D eigenvalue weighted by Gasteiger charge is 2.21. The van der Waals surface area contributed by atoms with E-state index in [1.54, 1.807) is 18.7 Å². The van der Waals surface area contributed by atoms with Gasteiger partial charge in [0, 0.05) is 32.5 Å². The van der Waals surface area contributed by atoms with Gasteiger partial charge in [0.15, 0.2) is 0 Å². The van der Waals surface area contributed by atoms with Gasteiger partial charge in [0.1, 0.15) is 11.6 Å². The summed E-state index contributed by atoms with van der Waals surface area (Å²) >= 11 is 0. The molecule has 7 heteroatoms. The normalized spacial score (nSPS) is 16.6. The predicted octanol–water partition coefficient (Wildman–Crippen LogP) is 1.43. The molecule has 1 atom stereocenters. The third-order valence-electron chi connectivity index (χ3n) is 4.90. The summed E-state index contributed by atoms with van der Waals surface area (Å²) in [6, 6.07) is 8.05. The van der Waals surface area contributed by atoms with Gasteiger partial charge in [-0.2, -0.15) is 5.10 Å². The van der Waals surface area contributed by atoms with Crippen LogP contribution >= 0.6 is 0 Å². The van der Waals surface area contributed by atoms with E-state index in [0.717, 1.165) is 37.3 Å². The summed E-state index contributed by atoms with van der Waals surface area (Å²) in [6.07, 6.45) is 4.49. The number of aryl methyl sites for hydroxylation is 3. The second-order valence-electron chi connectivity index (χ2n) is 6.77. The van der Waals surface area contributed by atoms with Crippen LogP contribution in [0.4, 0.5) is 0 Å². The lowest BCUT2D eigenvalue weighted by Gasteiger charge is -2.16. The highest BCUT2D eigenvalue weighted by Crippen LogP contribution is 2.14. The van der Waals surface area contributed by atoms with Crippen LogP contribution in [-0.4, -0.2) is 33.4 Å². The molecule has 3 rings (SSSR count). The molecule has 1 aliphatic rings. The van der Waals surface area contributed by atoms with Crippen molar-refractivity contribution in [1.29, 1.82) is 0 Å². The third-order valence-corrected chi connectivity index (χ3v) is 4.90. The van der Waals surface area contributed by atoms with Crippen molar-refractivity contribution in [2.24, 2.45) is 7.05 Å². The van der Waals surface area contributed by atoms with Gasteiger partial charge in [0.25, 0.3) is 0 Å². The minimum Gasteiger partial charge on any atom is -0.497 e. The average Bonchev–Trinajstić information content (AvgIpc) is 2.79. The van der Waals surface area contributed by atoms with Gasteiger partial charge in [-0.3, -0.25) is 9.36 Å². The van der Waals surface area contributed by atoms with E-state index in [-0.39, 0.29) is 17.6 Å². The Bertz CT molecular complexity index is 807. The zero-order chi connectivity index (χ0) is 18.5. The Morgan fingerprint density at radius 2 is 2.08 bits per heavy atom. The summed E-state index contributed by atoms with van der Waals surface area (Å²) < 4.78 is 8.25. The van der Waals surface area contributed by atoms with E-state index in [9.17, 15) is 9.59 Å². The van der Waals surface area contributed by atoms with E-state index in [1.807, 2.05) is 24.3 Å². The largest absolute Gasteiger partial charge is 0.497 e. The van der Waals surface area contributed by atoms with Crippen LogP contribution in [0.3, 0.4) is 0 Å². The predicted molar refractivity (Wildman–Crippen MR) is 98.3 cm³/mol. The van der Waals surface area contributed by atoms with E-state index in [1.165, 1.54) is 10.2 Å². The van der Waals surface area contributed by atoms with Crippen LogP contribution in [-0.2, 0) is 31.2 Å². The Labute approximate surface area is 153 Å². The van der Waals surface area contributed by atoms with Gasteiger partial charge >= 0.3 is 5.69 Å². The van der Waals surface area contributed by atoms with Crippen LogP contribution in [0.15, 0.2) is 29.1 Å². The van der Waals surface area contributed by atoms with Gasteiger partial charge in [0.05, 0.1) is 7.11 Å². The van der Waals surface area contributed by atoms with Crippen LogP contribution in [0.25, 0.3) is 0 Å². The molecule has 26 heavy (non-hydrogen) atoms. The third kappa shape index (κ3) is 4.33. The first-order chi connectivity index (χ1) is 12.6. The minimum atomic E-state index is -0.0773. The highest BCUT2D eigenvalue weighted by molar-refractivity contribution is 5.76. The number of carbonyl (C=O) groups excluding carboxylic acids is 1. The highest BCUT2D eigenvalue weighted by atomic mass is 16.5. The van der Waals surface area contributed by atoms with Gasteiger partial charge in [-0.25, -0.2) is 9.48 Å². The molecule has 1 aliphatic heterocycles. The molecule has 0 saturated carbocycles. The lowest BCUT2D eigenvalue weighted by Crippen LogP contribution is -2.35. The Morgan fingerprint density at radius 3 is 2.81 bits per heavy atom. The van der Waals surface area contributed by atoms with Gasteiger partial charge in [-0.1, -0.05) is 12.1 Å².